The summed E-state index contributed by atoms with van der Waals surface area (Å²) in [5.41, 5.74) is 9.15. The molecule has 1 atom stereocenters. The lowest BCUT2D eigenvalue weighted by Crippen LogP contribution is -2.23. The normalized spacial score (nSPS) is 12.9. The average molecular weight is 236 g/mol. The van der Waals surface area contributed by atoms with Gasteiger partial charge in [0.15, 0.2) is 0 Å². The lowest BCUT2D eigenvalue weighted by Gasteiger charge is -2.20. The molecule has 2 N–H and O–H groups in total. The van der Waals surface area contributed by atoms with Crippen LogP contribution < -0.4 is 10.5 Å². The van der Waals surface area contributed by atoms with E-state index in [0.29, 0.717) is 18.4 Å². The fourth-order valence-corrected chi connectivity index (χ4v) is 2.12. The Kier molecular flexibility index (Phi) is 4.94. The fraction of sp³-hybridized carbons (Fsp3) is 0.643. The number of nitrogens with two attached hydrogens (primary N) is 1. The molecular formula is C14H24N2O. The van der Waals surface area contributed by atoms with E-state index in [0.717, 1.165) is 29.0 Å². The summed E-state index contributed by atoms with van der Waals surface area (Å²) >= 11 is 0. The van der Waals surface area contributed by atoms with E-state index in [4.69, 9.17) is 10.5 Å². The van der Waals surface area contributed by atoms with Crippen LogP contribution in [0.25, 0.3) is 0 Å². The van der Waals surface area contributed by atoms with Crippen LogP contribution in [0.4, 0.5) is 0 Å². The lowest BCUT2D eigenvalue weighted by atomic mass is 9.90. The SMILES string of the molecule is COc1c(C)cnc(CC(CN)C(C)C)c1C. The van der Waals surface area contributed by atoms with Crippen LogP contribution in [0.5, 0.6) is 5.75 Å². The van der Waals surface area contributed by atoms with E-state index in [-0.39, 0.29) is 0 Å². The van der Waals surface area contributed by atoms with E-state index in [1.807, 2.05) is 13.1 Å². The summed E-state index contributed by atoms with van der Waals surface area (Å²) in [5, 5.41) is 0. The van der Waals surface area contributed by atoms with Crippen LogP contribution >= 0.6 is 0 Å². The van der Waals surface area contributed by atoms with Crippen LogP contribution in [-0.4, -0.2) is 18.6 Å². The first kappa shape index (κ1) is 14.0. The predicted octanol–water partition coefficient (Wildman–Crippen LogP) is 2.48. The smallest absolute Gasteiger partial charge is 0.128 e. The van der Waals surface area contributed by atoms with E-state index < -0.39 is 0 Å². The van der Waals surface area contributed by atoms with Crippen LogP contribution in [0.2, 0.25) is 0 Å². The van der Waals surface area contributed by atoms with Crippen molar-refractivity contribution in [1.29, 1.82) is 0 Å². The van der Waals surface area contributed by atoms with E-state index in [1.165, 1.54) is 0 Å². The molecule has 0 saturated heterocycles. The molecule has 0 saturated carbocycles. The number of methoxy groups -OCH3 is 1. The van der Waals surface area contributed by atoms with E-state index in [9.17, 15) is 0 Å². The maximum absolute atomic E-state index is 5.81. The van der Waals surface area contributed by atoms with E-state index in [2.05, 4.69) is 25.8 Å². The van der Waals surface area contributed by atoms with Gasteiger partial charge in [-0.15, -0.1) is 0 Å². The third-order valence-corrected chi connectivity index (χ3v) is 3.45. The van der Waals surface area contributed by atoms with Gasteiger partial charge in [-0.1, -0.05) is 13.8 Å². The topological polar surface area (TPSA) is 48.1 Å². The first-order valence-corrected chi connectivity index (χ1v) is 6.20. The Balaban J connectivity index is 2.99. The predicted molar refractivity (Wildman–Crippen MR) is 71.3 cm³/mol. The Morgan fingerprint density at radius 1 is 1.35 bits per heavy atom. The van der Waals surface area contributed by atoms with Gasteiger partial charge in [0.2, 0.25) is 0 Å². The van der Waals surface area contributed by atoms with Crippen LogP contribution in [0.3, 0.4) is 0 Å². The number of hydrogen-bond donors (Lipinski definition) is 1. The van der Waals surface area contributed by atoms with Crippen molar-refractivity contribution in [2.24, 2.45) is 17.6 Å². The molecule has 1 unspecified atom stereocenters. The van der Waals surface area contributed by atoms with Crippen molar-refractivity contribution in [2.75, 3.05) is 13.7 Å². The third kappa shape index (κ3) is 3.19. The van der Waals surface area contributed by atoms with Crippen molar-refractivity contribution >= 4 is 0 Å². The molecule has 0 spiro atoms. The van der Waals surface area contributed by atoms with Crippen molar-refractivity contribution in [3.63, 3.8) is 0 Å². The summed E-state index contributed by atoms with van der Waals surface area (Å²) in [4.78, 5) is 4.52. The summed E-state index contributed by atoms with van der Waals surface area (Å²) in [7, 11) is 1.71. The maximum Gasteiger partial charge on any atom is 0.128 e. The molecule has 96 valence electrons. The van der Waals surface area contributed by atoms with Crippen LogP contribution in [-0.2, 0) is 6.42 Å². The number of rotatable bonds is 5. The zero-order chi connectivity index (χ0) is 13.0. The van der Waals surface area contributed by atoms with E-state index in [1.54, 1.807) is 7.11 Å². The summed E-state index contributed by atoms with van der Waals surface area (Å²) < 4.78 is 5.42. The van der Waals surface area contributed by atoms with Crippen molar-refractivity contribution in [3.8, 4) is 5.75 Å². The number of aryl methyl sites for hydroxylation is 1. The Bertz CT molecular complexity index is 375. The minimum Gasteiger partial charge on any atom is -0.496 e. The highest BCUT2D eigenvalue weighted by Crippen LogP contribution is 2.26. The second-order valence-electron chi connectivity index (χ2n) is 4.99. The first-order valence-electron chi connectivity index (χ1n) is 6.20. The molecule has 0 aliphatic heterocycles. The standard InChI is InChI=1S/C14H24N2O/c1-9(2)12(7-15)6-13-11(4)14(17-5)10(3)8-16-13/h8-9,12H,6-7,15H2,1-5H3. The first-order chi connectivity index (χ1) is 8.01. The number of aromatic nitrogens is 1. The molecule has 1 rings (SSSR count). The van der Waals surface area contributed by atoms with Crippen molar-refractivity contribution < 1.29 is 4.74 Å². The van der Waals surface area contributed by atoms with Gasteiger partial charge in [-0.2, -0.15) is 0 Å². The molecular weight excluding hydrogens is 212 g/mol. The molecule has 3 nitrogen and oxygen atoms in total. The van der Waals surface area contributed by atoms with Gasteiger partial charge in [-0.3, -0.25) is 4.98 Å². The zero-order valence-corrected chi connectivity index (χ0v) is 11.6. The molecule has 1 aromatic rings. The molecule has 3 heteroatoms. The Hall–Kier alpha value is -1.09. The van der Waals surface area contributed by atoms with Gasteiger partial charge >= 0.3 is 0 Å². The number of hydrogen-bond acceptors (Lipinski definition) is 3. The number of pyridine rings is 1. The zero-order valence-electron chi connectivity index (χ0n) is 11.6. The van der Waals surface area contributed by atoms with Crippen molar-refractivity contribution in [1.82, 2.24) is 4.98 Å². The van der Waals surface area contributed by atoms with Gasteiger partial charge in [0, 0.05) is 23.0 Å². The molecule has 0 amide bonds. The molecule has 1 heterocycles. The van der Waals surface area contributed by atoms with Crippen LogP contribution in [0, 0.1) is 25.7 Å². The van der Waals surface area contributed by atoms with Crippen molar-refractivity contribution in [3.05, 3.63) is 23.0 Å². The van der Waals surface area contributed by atoms with Gasteiger partial charge < -0.3 is 10.5 Å². The minimum atomic E-state index is 0.480. The highest BCUT2D eigenvalue weighted by atomic mass is 16.5. The summed E-state index contributed by atoms with van der Waals surface area (Å²) in [6.07, 6.45) is 2.81. The fourth-order valence-electron chi connectivity index (χ4n) is 2.12. The second-order valence-corrected chi connectivity index (χ2v) is 4.99. The monoisotopic (exact) mass is 236 g/mol. The van der Waals surface area contributed by atoms with Crippen LogP contribution in [0.1, 0.15) is 30.7 Å². The molecule has 0 aromatic carbocycles. The van der Waals surface area contributed by atoms with E-state index >= 15 is 0 Å². The van der Waals surface area contributed by atoms with Gasteiger partial charge in [0.1, 0.15) is 5.75 Å². The lowest BCUT2D eigenvalue weighted by molar-refractivity contribution is 0.382. The van der Waals surface area contributed by atoms with Crippen molar-refractivity contribution in [2.45, 2.75) is 34.1 Å². The van der Waals surface area contributed by atoms with Crippen LogP contribution in [0.15, 0.2) is 6.20 Å². The second kappa shape index (κ2) is 6.01. The summed E-state index contributed by atoms with van der Waals surface area (Å²) in [6.45, 7) is 9.21. The molecule has 0 fully saturated rings. The van der Waals surface area contributed by atoms with Gasteiger partial charge in [0.05, 0.1) is 7.11 Å². The highest BCUT2D eigenvalue weighted by Gasteiger charge is 2.16. The average Bonchev–Trinajstić information content (AvgIpc) is 2.28. The van der Waals surface area contributed by atoms with Gasteiger partial charge in [-0.25, -0.2) is 0 Å². The maximum atomic E-state index is 5.81. The van der Waals surface area contributed by atoms with Gasteiger partial charge in [-0.05, 0) is 38.6 Å². The number of nitrogens with zero attached hydrogens (tertiary/aromatic N) is 1. The third-order valence-electron chi connectivity index (χ3n) is 3.45. The summed E-state index contributed by atoms with van der Waals surface area (Å²) in [5.74, 6) is 2.01. The molecule has 0 aliphatic rings. The highest BCUT2D eigenvalue weighted by molar-refractivity contribution is 5.41. The molecule has 0 radical (unpaired) electrons. The molecule has 17 heavy (non-hydrogen) atoms. The molecule has 1 aromatic heterocycles. The minimum absolute atomic E-state index is 0.480. The Morgan fingerprint density at radius 3 is 2.47 bits per heavy atom. The summed E-state index contributed by atoms with van der Waals surface area (Å²) in [6, 6.07) is 0. The molecule has 0 aliphatic carbocycles. The number of ether oxygens (including phenoxy) is 1. The Morgan fingerprint density at radius 2 is 2.00 bits per heavy atom. The Labute approximate surface area is 104 Å². The van der Waals surface area contributed by atoms with Gasteiger partial charge in [0.25, 0.3) is 0 Å². The largest absolute Gasteiger partial charge is 0.496 e. The molecule has 0 bridgehead atoms. The quantitative estimate of drug-likeness (QED) is 0.854.